The van der Waals surface area contributed by atoms with E-state index in [1.54, 1.807) is 0 Å². The molecule has 3 nitrogen and oxygen atoms in total. The van der Waals surface area contributed by atoms with Crippen molar-refractivity contribution >= 4 is 23.3 Å². The lowest BCUT2D eigenvalue weighted by molar-refractivity contribution is -0.140. The van der Waals surface area contributed by atoms with Gasteiger partial charge in [-0.05, 0) is 30.3 Å². The SMILES string of the molecule is O=C(Nc1ccc(Cl)cn1)c1ccc(F)c(C(F)(F)F)c1. The van der Waals surface area contributed by atoms with Crippen molar-refractivity contribution in [1.29, 1.82) is 0 Å². The number of aromatic nitrogens is 1. The molecule has 1 heterocycles. The predicted molar refractivity (Wildman–Crippen MR) is 68.6 cm³/mol. The molecule has 0 aliphatic rings. The number of alkyl halides is 3. The monoisotopic (exact) mass is 318 g/mol. The highest BCUT2D eigenvalue weighted by Crippen LogP contribution is 2.32. The lowest BCUT2D eigenvalue weighted by Crippen LogP contribution is -2.15. The molecule has 2 rings (SSSR count). The highest BCUT2D eigenvalue weighted by Gasteiger charge is 2.34. The van der Waals surface area contributed by atoms with E-state index in [1.807, 2.05) is 0 Å². The molecule has 0 radical (unpaired) electrons. The van der Waals surface area contributed by atoms with Crippen LogP contribution in [0.4, 0.5) is 23.4 Å². The van der Waals surface area contributed by atoms with Crippen LogP contribution in [0.15, 0.2) is 36.5 Å². The number of nitrogens with zero attached hydrogens (tertiary/aromatic N) is 1. The van der Waals surface area contributed by atoms with Gasteiger partial charge in [-0.25, -0.2) is 9.37 Å². The smallest absolute Gasteiger partial charge is 0.307 e. The van der Waals surface area contributed by atoms with Crippen molar-refractivity contribution in [3.05, 3.63) is 58.5 Å². The van der Waals surface area contributed by atoms with Crippen molar-refractivity contribution in [3.63, 3.8) is 0 Å². The minimum absolute atomic E-state index is 0.113. The van der Waals surface area contributed by atoms with Crippen LogP contribution in [-0.2, 0) is 6.18 Å². The Morgan fingerprint density at radius 2 is 1.90 bits per heavy atom. The van der Waals surface area contributed by atoms with Crippen LogP contribution in [0.5, 0.6) is 0 Å². The van der Waals surface area contributed by atoms with Crippen molar-refractivity contribution in [2.24, 2.45) is 0 Å². The second kappa shape index (κ2) is 5.69. The summed E-state index contributed by atoms with van der Waals surface area (Å²) in [7, 11) is 0. The number of hydrogen-bond acceptors (Lipinski definition) is 2. The van der Waals surface area contributed by atoms with E-state index in [2.05, 4.69) is 10.3 Å². The molecular weight excluding hydrogens is 312 g/mol. The van der Waals surface area contributed by atoms with Crippen LogP contribution >= 0.6 is 11.6 Å². The number of rotatable bonds is 2. The Morgan fingerprint density at radius 3 is 2.48 bits per heavy atom. The van der Waals surface area contributed by atoms with Crippen molar-refractivity contribution in [1.82, 2.24) is 4.98 Å². The van der Waals surface area contributed by atoms with Gasteiger partial charge < -0.3 is 5.32 Å². The number of amides is 1. The molecule has 21 heavy (non-hydrogen) atoms. The molecule has 0 bridgehead atoms. The zero-order chi connectivity index (χ0) is 15.6. The highest BCUT2D eigenvalue weighted by molar-refractivity contribution is 6.30. The summed E-state index contributed by atoms with van der Waals surface area (Å²) in [6, 6.07) is 4.83. The van der Waals surface area contributed by atoms with Crippen LogP contribution in [-0.4, -0.2) is 10.9 Å². The summed E-state index contributed by atoms with van der Waals surface area (Å²) in [5.74, 6) is -2.17. The Morgan fingerprint density at radius 1 is 1.19 bits per heavy atom. The number of hydrogen-bond donors (Lipinski definition) is 1. The minimum Gasteiger partial charge on any atom is -0.307 e. The first-order valence-corrected chi connectivity index (χ1v) is 5.95. The predicted octanol–water partition coefficient (Wildman–Crippen LogP) is 4.15. The maximum Gasteiger partial charge on any atom is 0.419 e. The maximum atomic E-state index is 13.1. The van der Waals surface area contributed by atoms with Crippen molar-refractivity contribution in [2.75, 3.05) is 5.32 Å². The molecular formula is C13H7ClF4N2O. The molecule has 1 amide bonds. The highest BCUT2D eigenvalue weighted by atomic mass is 35.5. The number of halogens is 5. The van der Waals surface area contributed by atoms with Crippen LogP contribution in [0.25, 0.3) is 0 Å². The molecule has 0 aliphatic heterocycles. The first-order chi connectivity index (χ1) is 9.77. The molecule has 0 unspecified atom stereocenters. The quantitative estimate of drug-likeness (QED) is 0.845. The zero-order valence-electron chi connectivity index (χ0n) is 10.2. The normalized spacial score (nSPS) is 11.3. The van der Waals surface area contributed by atoms with Gasteiger partial charge in [-0.1, -0.05) is 11.6 Å². The lowest BCUT2D eigenvalue weighted by atomic mass is 10.1. The third kappa shape index (κ3) is 3.69. The van der Waals surface area contributed by atoms with Gasteiger partial charge in [-0.3, -0.25) is 4.79 Å². The van der Waals surface area contributed by atoms with Crippen LogP contribution < -0.4 is 5.32 Å². The van der Waals surface area contributed by atoms with E-state index in [4.69, 9.17) is 11.6 Å². The summed E-state index contributed by atoms with van der Waals surface area (Å²) in [5.41, 5.74) is -1.83. The van der Waals surface area contributed by atoms with Gasteiger partial charge in [-0.2, -0.15) is 13.2 Å². The third-order valence-corrected chi connectivity index (χ3v) is 2.73. The standard InChI is InChI=1S/C13H7ClF4N2O/c14-8-2-4-11(19-6-8)20-12(21)7-1-3-10(15)9(5-7)13(16,17)18/h1-6H,(H,19,20,21). The summed E-state index contributed by atoms with van der Waals surface area (Å²) >= 11 is 5.61. The molecule has 0 fully saturated rings. The van der Waals surface area contributed by atoms with E-state index in [9.17, 15) is 22.4 Å². The number of carbonyl (C=O) groups excluding carboxylic acids is 1. The molecule has 1 aromatic carbocycles. The fraction of sp³-hybridized carbons (Fsp3) is 0.0769. The molecule has 0 saturated carbocycles. The Balaban J connectivity index is 2.25. The average Bonchev–Trinajstić information content (AvgIpc) is 2.40. The Hall–Kier alpha value is -2.15. The van der Waals surface area contributed by atoms with Gasteiger partial charge in [0.15, 0.2) is 0 Å². The number of anilines is 1. The molecule has 2 aromatic rings. The van der Waals surface area contributed by atoms with Gasteiger partial charge in [-0.15, -0.1) is 0 Å². The van der Waals surface area contributed by atoms with E-state index < -0.39 is 23.5 Å². The van der Waals surface area contributed by atoms with E-state index in [-0.39, 0.29) is 11.4 Å². The average molecular weight is 319 g/mol. The molecule has 0 aliphatic carbocycles. The molecule has 0 atom stereocenters. The van der Waals surface area contributed by atoms with E-state index in [1.165, 1.54) is 18.3 Å². The summed E-state index contributed by atoms with van der Waals surface area (Å²) < 4.78 is 50.8. The molecule has 8 heteroatoms. The molecule has 110 valence electrons. The topological polar surface area (TPSA) is 42.0 Å². The summed E-state index contributed by atoms with van der Waals surface area (Å²) in [4.78, 5) is 15.6. The van der Waals surface area contributed by atoms with E-state index >= 15 is 0 Å². The third-order valence-electron chi connectivity index (χ3n) is 2.50. The Bertz CT molecular complexity index is 671. The van der Waals surface area contributed by atoms with Crippen molar-refractivity contribution in [3.8, 4) is 0 Å². The maximum absolute atomic E-state index is 13.1. The minimum atomic E-state index is -4.88. The van der Waals surface area contributed by atoms with Crippen LogP contribution in [0, 0.1) is 5.82 Å². The summed E-state index contributed by atoms with van der Waals surface area (Å²) in [6.07, 6.45) is -3.61. The molecule has 1 aromatic heterocycles. The summed E-state index contributed by atoms with van der Waals surface area (Å²) in [5, 5.41) is 2.63. The van der Waals surface area contributed by atoms with Gasteiger partial charge in [0.2, 0.25) is 0 Å². The van der Waals surface area contributed by atoms with Crippen molar-refractivity contribution in [2.45, 2.75) is 6.18 Å². The number of pyridine rings is 1. The van der Waals surface area contributed by atoms with Gasteiger partial charge in [0.1, 0.15) is 11.6 Å². The van der Waals surface area contributed by atoms with Gasteiger partial charge in [0.05, 0.1) is 10.6 Å². The first-order valence-electron chi connectivity index (χ1n) is 5.57. The number of benzene rings is 1. The number of carbonyl (C=O) groups is 1. The fourth-order valence-corrected chi connectivity index (χ4v) is 1.63. The fourth-order valence-electron chi connectivity index (χ4n) is 1.52. The second-order valence-corrected chi connectivity index (χ2v) is 4.44. The zero-order valence-corrected chi connectivity index (χ0v) is 11.0. The molecule has 1 N–H and O–H groups in total. The second-order valence-electron chi connectivity index (χ2n) is 4.01. The largest absolute Gasteiger partial charge is 0.419 e. The Labute approximate surface area is 121 Å². The van der Waals surface area contributed by atoms with E-state index in [0.717, 1.165) is 6.07 Å². The van der Waals surface area contributed by atoms with Gasteiger partial charge in [0.25, 0.3) is 5.91 Å². The number of nitrogens with one attached hydrogen (secondary N) is 1. The van der Waals surface area contributed by atoms with E-state index in [0.29, 0.717) is 17.2 Å². The van der Waals surface area contributed by atoms with Crippen molar-refractivity contribution < 1.29 is 22.4 Å². The van der Waals surface area contributed by atoms with Crippen LogP contribution in [0.3, 0.4) is 0 Å². The molecule has 0 saturated heterocycles. The Kier molecular flexibility index (Phi) is 4.13. The van der Waals surface area contributed by atoms with Crippen LogP contribution in [0.1, 0.15) is 15.9 Å². The molecule has 0 spiro atoms. The summed E-state index contributed by atoms with van der Waals surface area (Å²) in [6.45, 7) is 0. The van der Waals surface area contributed by atoms with Crippen LogP contribution in [0.2, 0.25) is 5.02 Å². The first kappa shape index (κ1) is 15.2. The van der Waals surface area contributed by atoms with Gasteiger partial charge in [0, 0.05) is 11.8 Å². The lowest BCUT2D eigenvalue weighted by Gasteiger charge is -2.10. The van der Waals surface area contributed by atoms with Gasteiger partial charge >= 0.3 is 6.18 Å².